The van der Waals surface area contributed by atoms with Crippen LogP contribution in [0.5, 0.6) is 0 Å². The van der Waals surface area contributed by atoms with E-state index >= 15 is 0 Å². The van der Waals surface area contributed by atoms with E-state index in [-0.39, 0.29) is 5.91 Å². The smallest absolute Gasteiger partial charge is 0.222 e. The van der Waals surface area contributed by atoms with Crippen LogP contribution in [0.1, 0.15) is 13.3 Å². The molecule has 2 aliphatic rings. The molecule has 7 nitrogen and oxygen atoms in total. The summed E-state index contributed by atoms with van der Waals surface area (Å²) in [4.78, 5) is 16.8. The summed E-state index contributed by atoms with van der Waals surface area (Å²) >= 11 is 0. The maximum absolute atomic E-state index is 11.1. The standard InChI is InChI=1S/C16H26N3O4P/c1-10-17-13(18-11(2)20)6-8-19(10)16-15(22)14(21)12(23-16)7-9-24(3,4)5/h6,8,12,14-16,21-22H,1,3,7,9H2,2,4-5H3,(H,17,18,20)/t12?,14-,15-,16-/m1/s1. The van der Waals surface area contributed by atoms with E-state index in [2.05, 4.69) is 36.5 Å². The van der Waals surface area contributed by atoms with E-state index in [9.17, 15) is 15.0 Å². The van der Waals surface area contributed by atoms with Gasteiger partial charge in [0.05, 0.1) is 6.10 Å². The van der Waals surface area contributed by atoms with Crippen LogP contribution < -0.4 is 5.32 Å². The van der Waals surface area contributed by atoms with E-state index in [1.54, 1.807) is 17.2 Å². The van der Waals surface area contributed by atoms with Gasteiger partial charge in [-0.3, -0.25) is 4.79 Å². The molecule has 0 spiro atoms. The number of hydrogen-bond acceptors (Lipinski definition) is 6. The third kappa shape index (κ3) is 4.57. The van der Waals surface area contributed by atoms with Crippen LogP contribution in [0, 0.1) is 0 Å². The van der Waals surface area contributed by atoms with E-state index in [0.717, 1.165) is 6.16 Å². The molecule has 2 rings (SSSR count). The Morgan fingerprint density at radius 2 is 2.12 bits per heavy atom. The summed E-state index contributed by atoms with van der Waals surface area (Å²) in [6.45, 7) is 8.23. The topological polar surface area (TPSA) is 94.4 Å². The number of aliphatic hydroxyl groups is 2. The molecule has 4 atom stereocenters. The summed E-state index contributed by atoms with van der Waals surface area (Å²) in [7, 11) is 0. The van der Waals surface area contributed by atoms with Crippen molar-refractivity contribution in [1.82, 2.24) is 10.2 Å². The van der Waals surface area contributed by atoms with Crippen molar-refractivity contribution in [3.05, 3.63) is 24.7 Å². The molecule has 1 fully saturated rings. The van der Waals surface area contributed by atoms with Crippen LogP contribution in [0.15, 0.2) is 29.7 Å². The zero-order valence-corrected chi connectivity index (χ0v) is 15.2. The molecule has 2 aliphatic heterocycles. The number of ether oxygens (including phenoxy) is 1. The van der Waals surface area contributed by atoms with Crippen LogP contribution in [0.3, 0.4) is 0 Å². The molecule has 1 amide bonds. The normalized spacial score (nSPS) is 30.5. The van der Waals surface area contributed by atoms with Crippen molar-refractivity contribution < 1.29 is 19.7 Å². The lowest BCUT2D eigenvalue weighted by molar-refractivity contribution is -0.117. The van der Waals surface area contributed by atoms with Gasteiger partial charge in [0.15, 0.2) is 6.23 Å². The second-order valence-corrected chi connectivity index (χ2v) is 11.1. The summed E-state index contributed by atoms with van der Waals surface area (Å²) in [5.74, 6) is 0.464. The number of nitrogens with zero attached hydrogens (tertiary/aromatic N) is 2. The first-order chi connectivity index (χ1) is 11.1. The Kier molecular flexibility index (Phi) is 5.71. The number of rotatable bonds is 4. The van der Waals surface area contributed by atoms with Crippen molar-refractivity contribution in [2.45, 2.75) is 37.9 Å². The van der Waals surface area contributed by atoms with Crippen molar-refractivity contribution >= 4 is 24.9 Å². The molecular formula is C16H26N3O4P. The number of hydrogen-bond donors (Lipinski definition) is 3. The highest BCUT2D eigenvalue weighted by molar-refractivity contribution is 7.72. The molecule has 0 aromatic heterocycles. The number of amides is 1. The molecule has 0 aromatic rings. The quantitative estimate of drug-likeness (QED) is 0.634. The van der Waals surface area contributed by atoms with Gasteiger partial charge in [-0.15, -0.1) is 13.2 Å². The molecule has 0 aromatic carbocycles. The van der Waals surface area contributed by atoms with E-state index in [4.69, 9.17) is 4.74 Å². The van der Waals surface area contributed by atoms with Crippen LogP contribution in [0.2, 0.25) is 0 Å². The Hall–Kier alpha value is -1.40. The number of aliphatic imine (C=N–C) groups is 1. The van der Waals surface area contributed by atoms with Crippen molar-refractivity contribution in [2.75, 3.05) is 19.5 Å². The molecular weight excluding hydrogens is 329 g/mol. The van der Waals surface area contributed by atoms with Gasteiger partial charge in [0.25, 0.3) is 0 Å². The van der Waals surface area contributed by atoms with Gasteiger partial charge < -0.3 is 25.2 Å². The highest BCUT2D eigenvalue weighted by Crippen LogP contribution is 2.38. The average Bonchev–Trinajstić information content (AvgIpc) is 2.72. The molecule has 24 heavy (non-hydrogen) atoms. The molecule has 1 unspecified atom stereocenters. The summed E-state index contributed by atoms with van der Waals surface area (Å²) < 4.78 is 5.85. The maximum atomic E-state index is 11.1. The third-order valence-electron chi connectivity index (χ3n) is 3.87. The van der Waals surface area contributed by atoms with Gasteiger partial charge in [0.2, 0.25) is 5.91 Å². The first-order valence-electron chi connectivity index (χ1n) is 7.79. The maximum Gasteiger partial charge on any atom is 0.222 e. The van der Waals surface area contributed by atoms with Gasteiger partial charge in [-0.1, -0.05) is 6.58 Å². The van der Waals surface area contributed by atoms with Crippen LogP contribution in [0.4, 0.5) is 0 Å². The summed E-state index contributed by atoms with van der Waals surface area (Å²) in [6, 6.07) is 0. The molecule has 1 saturated heterocycles. The number of aliphatic hydroxyl groups excluding tert-OH is 2. The van der Waals surface area contributed by atoms with E-state index in [1.165, 1.54) is 6.92 Å². The Balaban J connectivity index is 2.04. The number of carbonyl (C=O) groups is 1. The van der Waals surface area contributed by atoms with Gasteiger partial charge in [0, 0.05) is 13.1 Å². The van der Waals surface area contributed by atoms with Crippen LogP contribution in [0.25, 0.3) is 0 Å². The minimum atomic E-state index is -1.23. The second-order valence-electron chi connectivity index (χ2n) is 6.81. The Morgan fingerprint density at radius 1 is 1.46 bits per heavy atom. The summed E-state index contributed by atoms with van der Waals surface area (Å²) in [5.41, 5.74) is 0. The Bertz CT molecular complexity index is 625. The molecule has 0 bridgehead atoms. The lowest BCUT2D eigenvalue weighted by Gasteiger charge is -2.30. The zero-order chi connectivity index (χ0) is 18.1. The zero-order valence-electron chi connectivity index (χ0n) is 14.3. The molecule has 0 aliphatic carbocycles. The lowest BCUT2D eigenvalue weighted by atomic mass is 10.1. The highest BCUT2D eigenvalue weighted by Gasteiger charge is 2.45. The first-order valence-corrected chi connectivity index (χ1v) is 10.8. The third-order valence-corrected chi connectivity index (χ3v) is 5.34. The van der Waals surface area contributed by atoms with Gasteiger partial charge in [-0.25, -0.2) is 4.99 Å². The molecule has 2 heterocycles. The first kappa shape index (κ1) is 18.9. The van der Waals surface area contributed by atoms with Crippen molar-refractivity contribution in [3.8, 4) is 0 Å². The van der Waals surface area contributed by atoms with Crippen LogP contribution in [-0.2, 0) is 9.53 Å². The fourth-order valence-corrected chi connectivity index (χ4v) is 3.58. The van der Waals surface area contributed by atoms with E-state index in [1.807, 2.05) is 0 Å². The minimum absolute atomic E-state index is 0.230. The van der Waals surface area contributed by atoms with Gasteiger partial charge in [-0.05, 0) is 32.0 Å². The molecule has 3 N–H and O–H groups in total. The van der Waals surface area contributed by atoms with Gasteiger partial charge >= 0.3 is 0 Å². The van der Waals surface area contributed by atoms with Crippen molar-refractivity contribution in [2.24, 2.45) is 4.99 Å². The Morgan fingerprint density at radius 3 is 2.67 bits per heavy atom. The van der Waals surface area contributed by atoms with E-state index < -0.39 is 31.4 Å². The van der Waals surface area contributed by atoms with Gasteiger partial charge in [-0.2, -0.15) is 0 Å². The predicted octanol–water partition coefficient (Wildman–Crippen LogP) is 0.367. The fourth-order valence-electron chi connectivity index (χ4n) is 2.63. The largest absolute Gasteiger partial charge is 0.388 e. The molecule has 0 radical (unpaired) electrons. The highest BCUT2D eigenvalue weighted by atomic mass is 31.2. The monoisotopic (exact) mass is 355 g/mol. The number of carbonyl (C=O) groups excluding carboxylic acids is 1. The van der Waals surface area contributed by atoms with Crippen molar-refractivity contribution in [3.63, 3.8) is 0 Å². The SMILES string of the molecule is C=C1N=C(NC(C)=O)C=CN1[C@@H]1OC(CCP(=C)(C)C)[C@@H](O)[C@H]1O. The van der Waals surface area contributed by atoms with Gasteiger partial charge in [0.1, 0.15) is 23.9 Å². The van der Waals surface area contributed by atoms with Crippen LogP contribution >= 0.6 is 6.89 Å². The minimum Gasteiger partial charge on any atom is -0.388 e. The van der Waals surface area contributed by atoms with Crippen LogP contribution in [-0.4, -0.2) is 77.2 Å². The lowest BCUT2D eigenvalue weighted by Crippen LogP contribution is -2.42. The molecule has 134 valence electrons. The second kappa shape index (κ2) is 7.23. The average molecular weight is 355 g/mol. The number of amidine groups is 1. The Labute approximate surface area is 142 Å². The van der Waals surface area contributed by atoms with Crippen molar-refractivity contribution in [1.29, 1.82) is 0 Å². The molecule has 8 heteroatoms. The predicted molar refractivity (Wildman–Crippen MR) is 97.4 cm³/mol. The fraction of sp³-hybridized carbons (Fsp3) is 0.562. The van der Waals surface area contributed by atoms with E-state index in [0.29, 0.717) is 18.1 Å². The summed E-state index contributed by atoms with van der Waals surface area (Å²) in [5, 5.41) is 23.1. The summed E-state index contributed by atoms with van der Waals surface area (Å²) in [6.07, 6.45) is 5.63. The number of nitrogens with one attached hydrogen (secondary N) is 1. The molecule has 0 saturated carbocycles.